The first-order valence-corrected chi connectivity index (χ1v) is 4.16. The number of nitrogens with zero attached hydrogens (tertiary/aromatic N) is 2. The summed E-state index contributed by atoms with van der Waals surface area (Å²) in [7, 11) is 0. The second-order valence-corrected chi connectivity index (χ2v) is 2.86. The number of benzene rings is 1. The zero-order chi connectivity index (χ0) is 9.97. The van der Waals surface area contributed by atoms with Gasteiger partial charge in [-0.3, -0.25) is 9.36 Å². The molecular weight excluding hydrogens is 178 g/mol. The second-order valence-electron chi connectivity index (χ2n) is 2.86. The maximum absolute atomic E-state index is 11.8. The lowest BCUT2D eigenvalue weighted by Crippen LogP contribution is -2.11. The van der Waals surface area contributed by atoms with Crippen LogP contribution in [0.25, 0.3) is 0 Å². The van der Waals surface area contributed by atoms with E-state index in [1.165, 1.54) is 10.9 Å². The van der Waals surface area contributed by atoms with Crippen molar-refractivity contribution in [2.24, 2.45) is 0 Å². The molecule has 0 saturated heterocycles. The summed E-state index contributed by atoms with van der Waals surface area (Å²) in [5, 5.41) is 0. The van der Waals surface area contributed by atoms with Crippen LogP contribution in [-0.4, -0.2) is 15.5 Å². The third-order valence-corrected chi connectivity index (χ3v) is 1.93. The number of aromatic nitrogens is 2. The van der Waals surface area contributed by atoms with Gasteiger partial charge >= 0.3 is 0 Å². The second kappa shape index (κ2) is 3.33. The Balaban J connectivity index is 2.42. The molecule has 1 heterocycles. The van der Waals surface area contributed by atoms with Crippen LogP contribution in [0.4, 0.5) is 5.69 Å². The van der Waals surface area contributed by atoms with E-state index in [9.17, 15) is 4.79 Å². The highest BCUT2D eigenvalue weighted by Crippen LogP contribution is 2.11. The Labute approximate surface area is 81.0 Å². The minimum Gasteiger partial charge on any atom is -0.398 e. The van der Waals surface area contributed by atoms with Crippen molar-refractivity contribution in [2.45, 2.75) is 0 Å². The first kappa shape index (κ1) is 8.50. The highest BCUT2D eigenvalue weighted by atomic mass is 16.2. The molecule has 4 heteroatoms. The van der Waals surface area contributed by atoms with E-state index >= 15 is 0 Å². The molecule has 0 fully saturated rings. The van der Waals surface area contributed by atoms with Crippen molar-refractivity contribution in [1.82, 2.24) is 9.55 Å². The monoisotopic (exact) mass is 187 g/mol. The summed E-state index contributed by atoms with van der Waals surface area (Å²) in [6.07, 6.45) is 4.60. The van der Waals surface area contributed by atoms with E-state index in [0.717, 1.165) is 0 Å². The van der Waals surface area contributed by atoms with Crippen LogP contribution in [0.5, 0.6) is 0 Å². The van der Waals surface area contributed by atoms with Gasteiger partial charge in [0, 0.05) is 18.1 Å². The third-order valence-electron chi connectivity index (χ3n) is 1.93. The fraction of sp³-hybridized carbons (Fsp3) is 0. The predicted molar refractivity (Wildman–Crippen MR) is 52.8 cm³/mol. The number of anilines is 1. The maximum atomic E-state index is 11.8. The Hall–Kier alpha value is -2.10. The lowest BCUT2D eigenvalue weighted by atomic mass is 10.2. The van der Waals surface area contributed by atoms with Gasteiger partial charge in [0.2, 0.25) is 0 Å². The maximum Gasteiger partial charge on any atom is 0.265 e. The van der Waals surface area contributed by atoms with E-state index in [0.29, 0.717) is 11.3 Å². The zero-order valence-corrected chi connectivity index (χ0v) is 7.42. The van der Waals surface area contributed by atoms with E-state index in [-0.39, 0.29) is 5.91 Å². The lowest BCUT2D eigenvalue weighted by Gasteiger charge is -2.03. The third kappa shape index (κ3) is 1.37. The van der Waals surface area contributed by atoms with Gasteiger partial charge in [-0.15, -0.1) is 0 Å². The number of hydrogen-bond acceptors (Lipinski definition) is 3. The fourth-order valence-corrected chi connectivity index (χ4v) is 1.21. The quantitative estimate of drug-likeness (QED) is 0.681. The lowest BCUT2D eigenvalue weighted by molar-refractivity contribution is 0.0960. The molecule has 0 aliphatic heterocycles. The van der Waals surface area contributed by atoms with Gasteiger partial charge in [0.15, 0.2) is 0 Å². The molecule has 0 spiro atoms. The number of nitrogen functional groups attached to an aromatic ring is 1. The molecule has 2 rings (SSSR count). The zero-order valence-electron chi connectivity index (χ0n) is 7.42. The van der Waals surface area contributed by atoms with E-state index < -0.39 is 0 Å². The molecule has 2 aromatic rings. The number of rotatable bonds is 1. The van der Waals surface area contributed by atoms with Gasteiger partial charge in [-0.1, -0.05) is 12.1 Å². The summed E-state index contributed by atoms with van der Waals surface area (Å²) in [5.74, 6) is -0.166. The van der Waals surface area contributed by atoms with Crippen LogP contribution in [0.3, 0.4) is 0 Å². The summed E-state index contributed by atoms with van der Waals surface area (Å²) in [6, 6.07) is 6.96. The molecule has 4 nitrogen and oxygen atoms in total. The molecule has 0 saturated carbocycles. The van der Waals surface area contributed by atoms with Crippen molar-refractivity contribution in [3.05, 3.63) is 48.5 Å². The first-order valence-electron chi connectivity index (χ1n) is 4.16. The van der Waals surface area contributed by atoms with Crippen LogP contribution >= 0.6 is 0 Å². The molecule has 0 atom stereocenters. The number of hydrogen-bond donors (Lipinski definition) is 1. The van der Waals surface area contributed by atoms with Crippen molar-refractivity contribution < 1.29 is 4.79 Å². The molecule has 0 amide bonds. The van der Waals surface area contributed by atoms with Crippen LogP contribution in [0.2, 0.25) is 0 Å². The minimum absolute atomic E-state index is 0.166. The molecule has 0 aliphatic rings. The topological polar surface area (TPSA) is 60.9 Å². The van der Waals surface area contributed by atoms with Gasteiger partial charge in [-0.05, 0) is 12.1 Å². The van der Waals surface area contributed by atoms with Crippen molar-refractivity contribution in [2.75, 3.05) is 5.73 Å². The Morgan fingerprint density at radius 1 is 1.36 bits per heavy atom. The van der Waals surface area contributed by atoms with Crippen molar-refractivity contribution >= 4 is 11.6 Å². The average molecular weight is 187 g/mol. The Morgan fingerprint density at radius 3 is 2.79 bits per heavy atom. The molecule has 2 N–H and O–H groups in total. The molecule has 1 aromatic carbocycles. The summed E-state index contributed by atoms with van der Waals surface area (Å²) < 4.78 is 1.39. The summed E-state index contributed by atoms with van der Waals surface area (Å²) >= 11 is 0. The van der Waals surface area contributed by atoms with Crippen molar-refractivity contribution in [1.29, 1.82) is 0 Å². The molecular formula is C10H9N3O. The van der Waals surface area contributed by atoms with Crippen molar-refractivity contribution in [3.63, 3.8) is 0 Å². The molecule has 14 heavy (non-hydrogen) atoms. The Kier molecular flexibility index (Phi) is 2.02. The predicted octanol–water partition coefficient (Wildman–Crippen LogP) is 1.15. The number of imidazole rings is 1. The summed E-state index contributed by atoms with van der Waals surface area (Å²) in [4.78, 5) is 15.6. The van der Waals surface area contributed by atoms with E-state index in [2.05, 4.69) is 4.98 Å². The van der Waals surface area contributed by atoms with Gasteiger partial charge in [0.1, 0.15) is 6.33 Å². The van der Waals surface area contributed by atoms with Crippen molar-refractivity contribution in [3.8, 4) is 0 Å². The standard InChI is InChI=1S/C10H9N3O/c11-9-4-2-1-3-8(9)10(14)13-6-5-12-7-13/h1-7H,11H2. The van der Waals surface area contributed by atoms with Crippen LogP contribution in [-0.2, 0) is 0 Å². The van der Waals surface area contributed by atoms with Crippen LogP contribution in [0.1, 0.15) is 10.4 Å². The number of carbonyl (C=O) groups excluding carboxylic acids is 1. The molecule has 0 unspecified atom stereocenters. The molecule has 0 radical (unpaired) electrons. The van der Waals surface area contributed by atoms with Crippen LogP contribution in [0, 0.1) is 0 Å². The molecule has 0 aliphatic carbocycles. The SMILES string of the molecule is Nc1ccccc1C(=O)n1ccnc1. The highest BCUT2D eigenvalue weighted by molar-refractivity contribution is 6.00. The molecule has 0 bridgehead atoms. The number of carbonyl (C=O) groups is 1. The van der Waals surface area contributed by atoms with Gasteiger partial charge in [0.25, 0.3) is 5.91 Å². The van der Waals surface area contributed by atoms with Gasteiger partial charge in [0.05, 0.1) is 5.56 Å². The summed E-state index contributed by atoms with van der Waals surface area (Å²) in [6.45, 7) is 0. The van der Waals surface area contributed by atoms with Gasteiger partial charge in [-0.2, -0.15) is 0 Å². The van der Waals surface area contributed by atoms with E-state index in [1.807, 2.05) is 0 Å². The van der Waals surface area contributed by atoms with Gasteiger partial charge in [-0.25, -0.2) is 4.98 Å². The summed E-state index contributed by atoms with van der Waals surface area (Å²) in [5.41, 5.74) is 6.64. The average Bonchev–Trinajstić information content (AvgIpc) is 2.70. The Morgan fingerprint density at radius 2 is 2.14 bits per heavy atom. The first-order chi connectivity index (χ1) is 6.79. The number of nitrogens with two attached hydrogens (primary N) is 1. The van der Waals surface area contributed by atoms with Crippen LogP contribution < -0.4 is 5.73 Å². The number of para-hydroxylation sites is 1. The molecule has 1 aromatic heterocycles. The molecule has 70 valence electrons. The van der Waals surface area contributed by atoms with E-state index in [4.69, 9.17) is 5.73 Å². The van der Waals surface area contributed by atoms with Gasteiger partial charge < -0.3 is 5.73 Å². The highest BCUT2D eigenvalue weighted by Gasteiger charge is 2.09. The Bertz CT molecular complexity index is 448. The van der Waals surface area contributed by atoms with E-state index in [1.54, 1.807) is 36.7 Å². The largest absolute Gasteiger partial charge is 0.398 e. The van der Waals surface area contributed by atoms with Crippen LogP contribution in [0.15, 0.2) is 43.0 Å². The fourth-order valence-electron chi connectivity index (χ4n) is 1.21. The normalized spacial score (nSPS) is 10.0. The smallest absolute Gasteiger partial charge is 0.265 e. The minimum atomic E-state index is -0.166.